The highest BCUT2D eigenvalue weighted by atomic mass is 35.5. The molecule has 1 aliphatic rings. The van der Waals surface area contributed by atoms with E-state index in [1.54, 1.807) is 23.1 Å². The molecule has 24 heavy (non-hydrogen) atoms. The smallest absolute Gasteiger partial charge is 0.261 e. The minimum atomic E-state index is -0.353. The number of hydrogen-bond acceptors (Lipinski definition) is 3. The van der Waals surface area contributed by atoms with Gasteiger partial charge in [0.25, 0.3) is 5.91 Å². The first-order valence-electron chi connectivity index (χ1n) is 7.27. The van der Waals surface area contributed by atoms with Gasteiger partial charge in [0.2, 0.25) is 0 Å². The van der Waals surface area contributed by atoms with Crippen LogP contribution in [0, 0.1) is 29.6 Å². The second kappa shape index (κ2) is 6.20. The summed E-state index contributed by atoms with van der Waals surface area (Å²) >= 11 is 6.04. The molecule has 2 aromatic rings. The fourth-order valence-corrected chi connectivity index (χ4v) is 2.97. The lowest BCUT2D eigenvalue weighted by Gasteiger charge is -2.18. The van der Waals surface area contributed by atoms with Gasteiger partial charge in [-0.2, -0.15) is 10.5 Å². The Morgan fingerprint density at radius 1 is 1.17 bits per heavy atom. The molecular formula is C19H12ClN3O. The number of carbonyl (C=O) groups is 1. The Bertz CT molecular complexity index is 947. The number of aryl methyl sites for hydroxylation is 1. The first kappa shape index (κ1) is 15.8. The third-order valence-corrected chi connectivity index (χ3v) is 4.28. The van der Waals surface area contributed by atoms with E-state index in [2.05, 4.69) is 0 Å². The lowest BCUT2D eigenvalue weighted by Crippen LogP contribution is -2.26. The van der Waals surface area contributed by atoms with Gasteiger partial charge >= 0.3 is 0 Å². The van der Waals surface area contributed by atoms with Crippen LogP contribution in [-0.2, 0) is 11.3 Å². The van der Waals surface area contributed by atoms with Crippen LogP contribution < -0.4 is 4.90 Å². The molecule has 3 rings (SSSR count). The number of amides is 1. The number of nitrogens with zero attached hydrogens (tertiary/aromatic N) is 3. The predicted molar refractivity (Wildman–Crippen MR) is 92.0 cm³/mol. The largest absolute Gasteiger partial charge is 0.303 e. The summed E-state index contributed by atoms with van der Waals surface area (Å²) in [5.41, 5.74) is 3.18. The summed E-state index contributed by atoms with van der Waals surface area (Å²) in [6, 6.07) is 16.5. The minimum Gasteiger partial charge on any atom is -0.303 e. The van der Waals surface area contributed by atoms with Crippen molar-refractivity contribution in [3.05, 3.63) is 69.8 Å². The zero-order valence-electron chi connectivity index (χ0n) is 12.9. The zero-order chi connectivity index (χ0) is 17.3. The third-order valence-electron chi connectivity index (χ3n) is 4.04. The van der Waals surface area contributed by atoms with E-state index >= 15 is 0 Å². The number of benzene rings is 2. The number of fused-ring (bicyclic) bond motifs is 1. The Morgan fingerprint density at radius 3 is 2.54 bits per heavy atom. The van der Waals surface area contributed by atoms with E-state index in [1.165, 1.54) is 0 Å². The van der Waals surface area contributed by atoms with Crippen LogP contribution in [0.3, 0.4) is 0 Å². The Kier molecular flexibility index (Phi) is 4.08. The van der Waals surface area contributed by atoms with E-state index < -0.39 is 0 Å². The maximum Gasteiger partial charge on any atom is 0.261 e. The topological polar surface area (TPSA) is 67.9 Å². The second-order valence-corrected chi connectivity index (χ2v) is 5.89. The Morgan fingerprint density at radius 2 is 1.88 bits per heavy atom. The van der Waals surface area contributed by atoms with Gasteiger partial charge in [-0.1, -0.05) is 35.9 Å². The van der Waals surface area contributed by atoms with Crippen LogP contribution in [0.25, 0.3) is 5.57 Å². The number of nitriles is 2. The van der Waals surface area contributed by atoms with Gasteiger partial charge in [0.1, 0.15) is 17.7 Å². The quantitative estimate of drug-likeness (QED) is 0.616. The van der Waals surface area contributed by atoms with Crippen molar-refractivity contribution >= 4 is 28.8 Å². The molecule has 0 atom stereocenters. The standard InChI is InChI=1S/C19H12ClN3O/c1-12-4-2-3-5-13(12)11-23-17-7-6-15(20)8-16(17)18(19(23)24)14(9-21)10-22/h2-8H,11H2,1H3. The van der Waals surface area contributed by atoms with Crippen molar-refractivity contribution in [3.8, 4) is 12.1 Å². The van der Waals surface area contributed by atoms with Crippen molar-refractivity contribution in [3.63, 3.8) is 0 Å². The van der Waals surface area contributed by atoms with E-state index in [9.17, 15) is 15.3 Å². The van der Waals surface area contributed by atoms with Gasteiger partial charge in [0.15, 0.2) is 0 Å². The van der Waals surface area contributed by atoms with Crippen LogP contribution >= 0.6 is 11.6 Å². The Labute approximate surface area is 144 Å². The van der Waals surface area contributed by atoms with E-state index in [1.807, 2.05) is 43.3 Å². The molecular weight excluding hydrogens is 322 g/mol. The number of hydrogen-bond donors (Lipinski definition) is 0. The maximum atomic E-state index is 12.9. The number of halogens is 1. The van der Waals surface area contributed by atoms with Gasteiger partial charge in [-0.3, -0.25) is 4.79 Å². The lowest BCUT2D eigenvalue weighted by atomic mass is 10.0. The predicted octanol–water partition coefficient (Wildman–Crippen LogP) is 4.00. The van der Waals surface area contributed by atoms with Crippen molar-refractivity contribution in [1.82, 2.24) is 0 Å². The summed E-state index contributed by atoms with van der Waals surface area (Å²) in [6.07, 6.45) is 0. The molecule has 1 amide bonds. The van der Waals surface area contributed by atoms with Crippen LogP contribution in [0.5, 0.6) is 0 Å². The lowest BCUT2D eigenvalue weighted by molar-refractivity contribution is -0.113. The van der Waals surface area contributed by atoms with Crippen molar-refractivity contribution in [2.24, 2.45) is 0 Å². The normalized spacial score (nSPS) is 12.6. The van der Waals surface area contributed by atoms with Gasteiger partial charge < -0.3 is 4.90 Å². The maximum absolute atomic E-state index is 12.9. The van der Waals surface area contributed by atoms with Crippen molar-refractivity contribution < 1.29 is 4.79 Å². The first-order valence-corrected chi connectivity index (χ1v) is 7.65. The highest BCUT2D eigenvalue weighted by Gasteiger charge is 2.35. The highest BCUT2D eigenvalue weighted by molar-refractivity contribution is 6.36. The molecule has 2 aromatic carbocycles. The Balaban J connectivity index is 2.16. The average Bonchev–Trinajstić information content (AvgIpc) is 2.83. The van der Waals surface area contributed by atoms with E-state index in [-0.39, 0.29) is 17.1 Å². The molecule has 0 bridgehead atoms. The second-order valence-electron chi connectivity index (χ2n) is 5.45. The van der Waals surface area contributed by atoms with Gasteiger partial charge in [-0.25, -0.2) is 0 Å². The van der Waals surface area contributed by atoms with Crippen LogP contribution in [0.4, 0.5) is 5.69 Å². The molecule has 0 aromatic heterocycles. The van der Waals surface area contributed by atoms with E-state index in [0.29, 0.717) is 22.8 Å². The van der Waals surface area contributed by atoms with Crippen LogP contribution in [0.1, 0.15) is 16.7 Å². The molecule has 4 nitrogen and oxygen atoms in total. The third kappa shape index (κ3) is 2.54. The summed E-state index contributed by atoms with van der Waals surface area (Å²) in [5, 5.41) is 18.8. The highest BCUT2D eigenvalue weighted by Crippen LogP contribution is 2.40. The summed E-state index contributed by atoms with van der Waals surface area (Å²) < 4.78 is 0. The average molecular weight is 334 g/mol. The fourth-order valence-electron chi connectivity index (χ4n) is 2.80. The van der Waals surface area contributed by atoms with Crippen LogP contribution in [-0.4, -0.2) is 5.91 Å². The van der Waals surface area contributed by atoms with E-state index in [4.69, 9.17) is 11.6 Å². The molecule has 0 radical (unpaired) electrons. The Hall–Kier alpha value is -3.08. The van der Waals surface area contributed by atoms with Crippen LogP contribution in [0.15, 0.2) is 48.0 Å². The molecule has 0 N–H and O–H groups in total. The molecule has 0 aliphatic carbocycles. The molecule has 0 unspecified atom stereocenters. The number of carbonyl (C=O) groups excluding carboxylic acids is 1. The molecule has 0 spiro atoms. The summed E-state index contributed by atoms with van der Waals surface area (Å²) in [6.45, 7) is 2.35. The monoisotopic (exact) mass is 333 g/mol. The number of rotatable bonds is 2. The van der Waals surface area contributed by atoms with Gasteiger partial charge in [0.05, 0.1) is 17.8 Å². The molecule has 0 saturated carbocycles. The minimum absolute atomic E-state index is 0.117. The first-order chi connectivity index (χ1) is 11.6. The van der Waals surface area contributed by atoms with Gasteiger partial charge in [0, 0.05) is 10.6 Å². The molecule has 5 heteroatoms. The van der Waals surface area contributed by atoms with Gasteiger partial charge in [-0.15, -0.1) is 0 Å². The molecule has 116 valence electrons. The number of anilines is 1. The van der Waals surface area contributed by atoms with Gasteiger partial charge in [-0.05, 0) is 36.2 Å². The fraction of sp³-hybridized carbons (Fsp3) is 0.105. The van der Waals surface area contributed by atoms with Crippen molar-refractivity contribution in [2.45, 2.75) is 13.5 Å². The summed E-state index contributed by atoms with van der Waals surface area (Å²) in [7, 11) is 0. The van der Waals surface area contributed by atoms with Crippen molar-refractivity contribution in [1.29, 1.82) is 10.5 Å². The molecule has 0 saturated heterocycles. The summed E-state index contributed by atoms with van der Waals surface area (Å²) in [5.74, 6) is -0.353. The zero-order valence-corrected chi connectivity index (χ0v) is 13.6. The van der Waals surface area contributed by atoms with Crippen molar-refractivity contribution in [2.75, 3.05) is 4.90 Å². The SMILES string of the molecule is Cc1ccccc1CN1C(=O)C(=C(C#N)C#N)c2cc(Cl)ccc21. The van der Waals surface area contributed by atoms with Crippen LogP contribution in [0.2, 0.25) is 5.02 Å². The summed E-state index contributed by atoms with van der Waals surface area (Å²) in [4.78, 5) is 14.5. The molecule has 1 aliphatic heterocycles. The van der Waals surface area contributed by atoms with E-state index in [0.717, 1.165) is 11.1 Å². The molecule has 0 fully saturated rings. The number of allylic oxidation sites excluding steroid dienone is 1. The molecule has 1 heterocycles.